The van der Waals surface area contributed by atoms with E-state index in [9.17, 15) is 18.7 Å². The summed E-state index contributed by atoms with van der Waals surface area (Å²) < 4.78 is 40.9. The van der Waals surface area contributed by atoms with Crippen LogP contribution in [0.25, 0.3) is 0 Å². The SMILES string of the molecule is O=C(O)CC(Cc1nc(CCCc2ccc3c(n2)NCCC3)no1)c1ccc2c(c1)OC(F)(F)O2. The molecule has 0 fully saturated rings. The van der Waals surface area contributed by atoms with Crippen molar-refractivity contribution in [1.82, 2.24) is 15.1 Å². The Hall–Kier alpha value is -3.76. The molecule has 5 rings (SSSR count). The molecule has 11 heteroatoms. The number of benzene rings is 1. The zero-order valence-electron chi connectivity index (χ0n) is 18.8. The van der Waals surface area contributed by atoms with Crippen molar-refractivity contribution in [2.45, 2.75) is 57.2 Å². The molecule has 0 spiro atoms. The van der Waals surface area contributed by atoms with Gasteiger partial charge in [0, 0.05) is 31.0 Å². The summed E-state index contributed by atoms with van der Waals surface area (Å²) in [6.07, 6.45) is 0.449. The molecule has 2 aliphatic rings. The summed E-state index contributed by atoms with van der Waals surface area (Å²) in [7, 11) is 0. The van der Waals surface area contributed by atoms with Crippen LogP contribution in [0.4, 0.5) is 14.6 Å². The fraction of sp³-hybridized carbons (Fsp3) is 0.417. The molecule has 0 radical (unpaired) electrons. The van der Waals surface area contributed by atoms with Gasteiger partial charge in [0.1, 0.15) is 5.82 Å². The first kappa shape index (κ1) is 23.0. The van der Waals surface area contributed by atoms with Crippen LogP contribution in [0.5, 0.6) is 11.5 Å². The van der Waals surface area contributed by atoms with Crippen LogP contribution in [-0.2, 0) is 30.5 Å². The molecule has 35 heavy (non-hydrogen) atoms. The molecule has 2 aliphatic heterocycles. The number of halogens is 2. The van der Waals surface area contributed by atoms with E-state index in [4.69, 9.17) is 4.52 Å². The highest BCUT2D eigenvalue weighted by molar-refractivity contribution is 5.68. The third-order valence-corrected chi connectivity index (χ3v) is 6.03. The number of aryl methyl sites for hydroxylation is 3. The van der Waals surface area contributed by atoms with Crippen molar-refractivity contribution in [2.24, 2.45) is 0 Å². The fourth-order valence-electron chi connectivity index (χ4n) is 4.36. The molecule has 2 aromatic heterocycles. The van der Waals surface area contributed by atoms with Gasteiger partial charge in [-0.2, -0.15) is 4.98 Å². The highest BCUT2D eigenvalue weighted by Gasteiger charge is 2.43. The van der Waals surface area contributed by atoms with E-state index in [1.54, 1.807) is 0 Å². The molecule has 2 N–H and O–H groups in total. The van der Waals surface area contributed by atoms with Crippen molar-refractivity contribution in [2.75, 3.05) is 11.9 Å². The first-order valence-corrected chi connectivity index (χ1v) is 11.5. The standard InChI is InChI=1S/C24H24F2N4O5/c25-24(26)33-18-9-7-15(11-19(18)34-24)16(13-22(31)32)12-21-29-20(30-35-21)5-1-4-17-8-6-14-3-2-10-27-23(14)28-17/h6-9,11,16H,1-5,10,12-13H2,(H,27,28)(H,31,32). The number of aliphatic carboxylic acids is 1. The van der Waals surface area contributed by atoms with Gasteiger partial charge < -0.3 is 24.4 Å². The second-order valence-corrected chi connectivity index (χ2v) is 8.67. The predicted molar refractivity (Wildman–Crippen MR) is 119 cm³/mol. The summed E-state index contributed by atoms with van der Waals surface area (Å²) >= 11 is 0. The Bertz CT molecular complexity index is 1230. The summed E-state index contributed by atoms with van der Waals surface area (Å²) in [5, 5.41) is 16.7. The highest BCUT2D eigenvalue weighted by Crippen LogP contribution is 2.42. The Morgan fingerprint density at radius 1 is 1.14 bits per heavy atom. The summed E-state index contributed by atoms with van der Waals surface area (Å²) in [5.41, 5.74) is 2.74. The van der Waals surface area contributed by atoms with E-state index < -0.39 is 18.2 Å². The lowest BCUT2D eigenvalue weighted by atomic mass is 9.92. The van der Waals surface area contributed by atoms with Gasteiger partial charge >= 0.3 is 12.3 Å². The maximum Gasteiger partial charge on any atom is 0.586 e. The fourth-order valence-corrected chi connectivity index (χ4v) is 4.36. The molecular formula is C24H24F2N4O5. The Morgan fingerprint density at radius 3 is 2.86 bits per heavy atom. The topological polar surface area (TPSA) is 120 Å². The van der Waals surface area contributed by atoms with Crippen LogP contribution in [0, 0.1) is 0 Å². The molecule has 0 aliphatic carbocycles. The number of ether oxygens (including phenoxy) is 2. The number of carboxylic acids is 1. The lowest BCUT2D eigenvalue weighted by Gasteiger charge is -2.17. The largest absolute Gasteiger partial charge is 0.586 e. The normalized spacial score (nSPS) is 16.4. The van der Waals surface area contributed by atoms with E-state index in [0.29, 0.717) is 17.8 Å². The van der Waals surface area contributed by atoms with Crippen molar-refractivity contribution >= 4 is 11.8 Å². The van der Waals surface area contributed by atoms with E-state index in [0.717, 1.165) is 43.7 Å². The molecule has 0 amide bonds. The summed E-state index contributed by atoms with van der Waals surface area (Å²) in [6, 6.07) is 8.40. The molecule has 0 saturated carbocycles. The second kappa shape index (κ2) is 9.47. The minimum absolute atomic E-state index is 0.0999. The number of hydrogen-bond donors (Lipinski definition) is 2. The summed E-state index contributed by atoms with van der Waals surface area (Å²) in [6.45, 7) is 0.941. The number of carbonyl (C=O) groups is 1. The maximum absolute atomic E-state index is 13.3. The van der Waals surface area contributed by atoms with Crippen LogP contribution in [0.1, 0.15) is 53.7 Å². The van der Waals surface area contributed by atoms with Crippen LogP contribution in [-0.4, -0.2) is 39.0 Å². The van der Waals surface area contributed by atoms with Gasteiger partial charge in [-0.15, -0.1) is 8.78 Å². The highest BCUT2D eigenvalue weighted by atomic mass is 19.3. The van der Waals surface area contributed by atoms with Gasteiger partial charge in [-0.1, -0.05) is 17.3 Å². The van der Waals surface area contributed by atoms with Gasteiger partial charge in [-0.25, -0.2) is 4.98 Å². The van der Waals surface area contributed by atoms with Gasteiger partial charge in [0.15, 0.2) is 17.3 Å². The molecule has 184 valence electrons. The number of alkyl halides is 2. The van der Waals surface area contributed by atoms with Crippen LogP contribution in [0.3, 0.4) is 0 Å². The van der Waals surface area contributed by atoms with Crippen LogP contribution in [0.15, 0.2) is 34.9 Å². The van der Waals surface area contributed by atoms with Gasteiger partial charge in [0.2, 0.25) is 5.89 Å². The number of nitrogens with zero attached hydrogens (tertiary/aromatic N) is 3. The minimum atomic E-state index is -3.74. The Morgan fingerprint density at radius 2 is 2.00 bits per heavy atom. The number of rotatable bonds is 9. The van der Waals surface area contributed by atoms with Gasteiger partial charge in [0.05, 0.1) is 6.42 Å². The number of carboxylic acid groups (broad SMARTS) is 1. The van der Waals surface area contributed by atoms with Crippen LogP contribution < -0.4 is 14.8 Å². The lowest BCUT2D eigenvalue weighted by molar-refractivity contribution is -0.286. The Labute approximate surface area is 199 Å². The number of anilines is 1. The Kier molecular flexibility index (Phi) is 6.23. The molecule has 0 bridgehead atoms. The summed E-state index contributed by atoms with van der Waals surface area (Å²) in [4.78, 5) is 20.5. The maximum atomic E-state index is 13.3. The molecule has 9 nitrogen and oxygen atoms in total. The van der Waals surface area contributed by atoms with Crippen LogP contribution >= 0.6 is 0 Å². The number of pyridine rings is 1. The van der Waals surface area contributed by atoms with E-state index in [-0.39, 0.29) is 30.2 Å². The average molecular weight is 486 g/mol. The molecule has 1 atom stereocenters. The molecular weight excluding hydrogens is 462 g/mol. The van der Waals surface area contributed by atoms with Crippen molar-refractivity contribution in [3.05, 3.63) is 58.9 Å². The van der Waals surface area contributed by atoms with Crippen molar-refractivity contribution in [3.63, 3.8) is 0 Å². The first-order valence-electron chi connectivity index (χ1n) is 11.5. The zero-order valence-corrected chi connectivity index (χ0v) is 18.8. The van der Waals surface area contributed by atoms with Crippen LogP contribution in [0.2, 0.25) is 0 Å². The van der Waals surface area contributed by atoms with Gasteiger partial charge in [-0.05, 0) is 55.0 Å². The van der Waals surface area contributed by atoms with E-state index in [1.807, 2.05) is 6.07 Å². The van der Waals surface area contributed by atoms with E-state index in [2.05, 4.69) is 36.0 Å². The second-order valence-electron chi connectivity index (χ2n) is 8.67. The number of nitrogens with one attached hydrogen (secondary N) is 1. The van der Waals surface area contributed by atoms with Crippen molar-refractivity contribution in [1.29, 1.82) is 0 Å². The van der Waals surface area contributed by atoms with E-state index in [1.165, 1.54) is 23.8 Å². The van der Waals surface area contributed by atoms with Gasteiger partial charge in [0.25, 0.3) is 0 Å². The number of aromatic nitrogens is 3. The average Bonchev–Trinajstić information content (AvgIpc) is 3.39. The van der Waals surface area contributed by atoms with Crippen molar-refractivity contribution < 1.29 is 32.7 Å². The third kappa shape index (κ3) is 5.50. The lowest BCUT2D eigenvalue weighted by Crippen LogP contribution is -2.25. The summed E-state index contributed by atoms with van der Waals surface area (Å²) in [5.74, 6) is -0.0776. The van der Waals surface area contributed by atoms with Crippen molar-refractivity contribution in [3.8, 4) is 11.5 Å². The molecule has 4 heterocycles. The predicted octanol–water partition coefficient (Wildman–Crippen LogP) is 4.12. The Balaban J connectivity index is 1.21. The smallest absolute Gasteiger partial charge is 0.481 e. The zero-order chi connectivity index (χ0) is 24.4. The first-order chi connectivity index (χ1) is 16.8. The molecule has 0 saturated heterocycles. The molecule has 1 aromatic carbocycles. The van der Waals surface area contributed by atoms with Gasteiger partial charge in [-0.3, -0.25) is 4.79 Å². The number of hydrogen-bond acceptors (Lipinski definition) is 8. The quantitative estimate of drug-likeness (QED) is 0.460. The number of fused-ring (bicyclic) bond motifs is 2. The molecule has 1 unspecified atom stereocenters. The van der Waals surface area contributed by atoms with E-state index >= 15 is 0 Å². The molecule has 3 aromatic rings. The third-order valence-electron chi connectivity index (χ3n) is 6.03. The minimum Gasteiger partial charge on any atom is -0.481 e. The monoisotopic (exact) mass is 486 g/mol.